The SMILES string of the molecule is Cc1ccc(-c2n[nH]c(=O)[nH]2)nc1O[C@H]1CCNC1. The second-order valence-electron chi connectivity index (χ2n) is 4.58. The second kappa shape index (κ2) is 4.85. The van der Waals surface area contributed by atoms with E-state index in [0.29, 0.717) is 17.4 Å². The number of aryl methyl sites for hydroxylation is 1. The largest absolute Gasteiger partial charge is 0.473 e. The fourth-order valence-corrected chi connectivity index (χ4v) is 2.04. The minimum atomic E-state index is -0.347. The molecular weight excluding hydrogens is 246 g/mol. The van der Waals surface area contributed by atoms with Gasteiger partial charge in [0.25, 0.3) is 0 Å². The van der Waals surface area contributed by atoms with Gasteiger partial charge in [-0.05, 0) is 26.0 Å². The molecule has 19 heavy (non-hydrogen) atoms. The highest BCUT2D eigenvalue weighted by Gasteiger charge is 2.18. The van der Waals surface area contributed by atoms with Crippen LogP contribution in [0.2, 0.25) is 0 Å². The van der Waals surface area contributed by atoms with Crippen LogP contribution in [0.25, 0.3) is 11.5 Å². The third-order valence-electron chi connectivity index (χ3n) is 3.09. The van der Waals surface area contributed by atoms with E-state index in [1.165, 1.54) is 0 Å². The van der Waals surface area contributed by atoms with Crippen molar-refractivity contribution in [1.82, 2.24) is 25.5 Å². The van der Waals surface area contributed by atoms with Crippen molar-refractivity contribution in [2.24, 2.45) is 0 Å². The first kappa shape index (κ1) is 11.9. The molecule has 1 aliphatic rings. The van der Waals surface area contributed by atoms with E-state index in [1.807, 2.05) is 13.0 Å². The Labute approximate surface area is 109 Å². The monoisotopic (exact) mass is 261 g/mol. The zero-order valence-corrected chi connectivity index (χ0v) is 10.6. The molecule has 3 N–H and O–H groups in total. The van der Waals surface area contributed by atoms with E-state index in [1.54, 1.807) is 6.07 Å². The summed E-state index contributed by atoms with van der Waals surface area (Å²) in [5.74, 6) is 1.01. The van der Waals surface area contributed by atoms with Gasteiger partial charge in [-0.1, -0.05) is 6.07 Å². The molecule has 7 heteroatoms. The van der Waals surface area contributed by atoms with Gasteiger partial charge in [-0.15, -0.1) is 0 Å². The minimum absolute atomic E-state index is 0.152. The van der Waals surface area contributed by atoms with Crippen LogP contribution in [0.5, 0.6) is 5.88 Å². The minimum Gasteiger partial charge on any atom is -0.473 e. The first-order chi connectivity index (χ1) is 9.22. The van der Waals surface area contributed by atoms with E-state index in [9.17, 15) is 4.79 Å². The highest BCUT2D eigenvalue weighted by Crippen LogP contribution is 2.21. The van der Waals surface area contributed by atoms with E-state index in [-0.39, 0.29) is 11.8 Å². The number of aromatic amines is 2. The van der Waals surface area contributed by atoms with Crippen molar-refractivity contribution in [2.75, 3.05) is 13.1 Å². The quantitative estimate of drug-likeness (QED) is 0.734. The number of H-pyrrole nitrogens is 2. The topological polar surface area (TPSA) is 95.7 Å². The lowest BCUT2D eigenvalue weighted by Gasteiger charge is -2.13. The Morgan fingerprint density at radius 1 is 1.42 bits per heavy atom. The second-order valence-corrected chi connectivity index (χ2v) is 4.58. The molecule has 100 valence electrons. The van der Waals surface area contributed by atoms with Gasteiger partial charge >= 0.3 is 5.69 Å². The standard InChI is InChI=1S/C12H15N5O2/c1-7-2-3-9(10-15-12(18)17-16-10)14-11(7)19-8-4-5-13-6-8/h2-3,8,13H,4-6H2,1H3,(H2,15,16,17,18)/t8-/m0/s1. The van der Waals surface area contributed by atoms with Gasteiger partial charge in [0.2, 0.25) is 5.88 Å². The molecule has 0 spiro atoms. The van der Waals surface area contributed by atoms with Crippen molar-refractivity contribution in [3.63, 3.8) is 0 Å². The lowest BCUT2D eigenvalue weighted by molar-refractivity contribution is 0.212. The summed E-state index contributed by atoms with van der Waals surface area (Å²) in [5, 5.41) is 9.43. The van der Waals surface area contributed by atoms with Gasteiger partial charge < -0.3 is 10.1 Å². The maximum absolute atomic E-state index is 11.1. The van der Waals surface area contributed by atoms with Crippen molar-refractivity contribution in [1.29, 1.82) is 0 Å². The predicted molar refractivity (Wildman–Crippen MR) is 69.1 cm³/mol. The van der Waals surface area contributed by atoms with Gasteiger partial charge in [0, 0.05) is 12.1 Å². The molecule has 1 aliphatic heterocycles. The van der Waals surface area contributed by atoms with Crippen LogP contribution in [0.4, 0.5) is 0 Å². The molecule has 0 aliphatic carbocycles. The van der Waals surface area contributed by atoms with Crippen LogP contribution in [0, 0.1) is 6.92 Å². The summed E-state index contributed by atoms with van der Waals surface area (Å²) in [7, 11) is 0. The van der Waals surface area contributed by atoms with Crippen molar-refractivity contribution < 1.29 is 4.74 Å². The molecule has 7 nitrogen and oxygen atoms in total. The van der Waals surface area contributed by atoms with Crippen LogP contribution >= 0.6 is 0 Å². The molecule has 0 amide bonds. The molecule has 1 fully saturated rings. The van der Waals surface area contributed by atoms with E-state index in [4.69, 9.17) is 4.74 Å². The average Bonchev–Trinajstić information content (AvgIpc) is 3.03. The maximum Gasteiger partial charge on any atom is 0.340 e. The lowest BCUT2D eigenvalue weighted by Crippen LogP contribution is -2.20. The molecule has 0 bridgehead atoms. The van der Waals surface area contributed by atoms with Crippen LogP contribution in [0.3, 0.4) is 0 Å². The Kier molecular flexibility index (Phi) is 3.04. The molecule has 3 rings (SSSR count). The maximum atomic E-state index is 11.1. The molecule has 0 aromatic carbocycles. The van der Waals surface area contributed by atoms with Crippen LogP contribution in [0.1, 0.15) is 12.0 Å². The summed E-state index contributed by atoms with van der Waals surface area (Å²) in [4.78, 5) is 18.0. The van der Waals surface area contributed by atoms with Crippen LogP contribution in [-0.4, -0.2) is 39.4 Å². The number of hydrogen-bond donors (Lipinski definition) is 3. The van der Waals surface area contributed by atoms with E-state index < -0.39 is 0 Å². The summed E-state index contributed by atoms with van der Waals surface area (Å²) in [6.45, 7) is 3.75. The van der Waals surface area contributed by atoms with E-state index >= 15 is 0 Å². The Bertz CT molecular complexity index is 627. The van der Waals surface area contributed by atoms with Gasteiger partial charge in [0.05, 0.1) is 0 Å². The van der Waals surface area contributed by atoms with Crippen molar-refractivity contribution in [3.05, 3.63) is 28.2 Å². The molecule has 1 atom stereocenters. The molecule has 0 saturated carbocycles. The van der Waals surface area contributed by atoms with Crippen LogP contribution < -0.4 is 15.7 Å². The van der Waals surface area contributed by atoms with Gasteiger partial charge in [0.15, 0.2) is 5.82 Å². The van der Waals surface area contributed by atoms with E-state index in [0.717, 1.165) is 25.1 Å². The summed E-state index contributed by atoms with van der Waals surface area (Å²) < 4.78 is 5.87. The average molecular weight is 261 g/mol. The van der Waals surface area contributed by atoms with Gasteiger partial charge in [0.1, 0.15) is 11.8 Å². The molecule has 2 aromatic heterocycles. The zero-order valence-electron chi connectivity index (χ0n) is 10.6. The highest BCUT2D eigenvalue weighted by atomic mass is 16.5. The first-order valence-electron chi connectivity index (χ1n) is 6.22. The summed E-state index contributed by atoms with van der Waals surface area (Å²) in [5.41, 5.74) is 1.21. The first-order valence-corrected chi connectivity index (χ1v) is 6.22. The van der Waals surface area contributed by atoms with Gasteiger partial charge in [-0.2, -0.15) is 5.10 Å². The molecule has 0 radical (unpaired) electrons. The number of nitrogens with zero attached hydrogens (tertiary/aromatic N) is 2. The number of nitrogens with one attached hydrogen (secondary N) is 3. The normalized spacial score (nSPS) is 18.7. The fourth-order valence-electron chi connectivity index (χ4n) is 2.04. The molecule has 1 saturated heterocycles. The predicted octanol–water partition coefficient (Wildman–Crippen LogP) is 0.209. The molecule has 2 aromatic rings. The molecule has 3 heterocycles. The summed E-state index contributed by atoms with van der Waals surface area (Å²) >= 11 is 0. The number of rotatable bonds is 3. The van der Waals surface area contributed by atoms with Crippen LogP contribution in [0.15, 0.2) is 16.9 Å². The third-order valence-corrected chi connectivity index (χ3v) is 3.09. The molecule has 0 unspecified atom stereocenters. The lowest BCUT2D eigenvalue weighted by atomic mass is 10.2. The fraction of sp³-hybridized carbons (Fsp3) is 0.417. The van der Waals surface area contributed by atoms with Crippen LogP contribution in [-0.2, 0) is 0 Å². The highest BCUT2D eigenvalue weighted by molar-refractivity contribution is 5.50. The summed E-state index contributed by atoms with van der Waals surface area (Å²) in [6.07, 6.45) is 1.13. The van der Waals surface area contributed by atoms with Gasteiger partial charge in [-0.25, -0.2) is 14.9 Å². The Balaban J connectivity index is 1.89. The Hall–Kier alpha value is -2.15. The van der Waals surface area contributed by atoms with Crippen molar-refractivity contribution in [3.8, 4) is 17.4 Å². The smallest absolute Gasteiger partial charge is 0.340 e. The van der Waals surface area contributed by atoms with E-state index in [2.05, 4.69) is 25.5 Å². The van der Waals surface area contributed by atoms with Crippen molar-refractivity contribution in [2.45, 2.75) is 19.4 Å². The van der Waals surface area contributed by atoms with Gasteiger partial charge in [-0.3, -0.25) is 4.98 Å². The number of pyridine rings is 1. The Morgan fingerprint density at radius 3 is 3.00 bits per heavy atom. The Morgan fingerprint density at radius 2 is 2.32 bits per heavy atom. The number of ether oxygens (including phenoxy) is 1. The number of hydrogen-bond acceptors (Lipinski definition) is 5. The summed E-state index contributed by atoms with van der Waals surface area (Å²) in [6, 6.07) is 3.72. The third kappa shape index (κ3) is 2.50. The zero-order chi connectivity index (χ0) is 13.2. The van der Waals surface area contributed by atoms with Crippen molar-refractivity contribution >= 4 is 0 Å². The molecular formula is C12H15N5O2. The number of aromatic nitrogens is 4.